The Morgan fingerprint density at radius 2 is 1.50 bits per heavy atom. The van der Waals surface area contributed by atoms with Crippen molar-refractivity contribution >= 4 is 33.0 Å². The molecule has 0 aromatic heterocycles. The van der Waals surface area contributed by atoms with Crippen LogP contribution in [0.3, 0.4) is 0 Å². The first kappa shape index (κ1) is 15.0. The van der Waals surface area contributed by atoms with Gasteiger partial charge in [-0.3, -0.25) is 0 Å². The summed E-state index contributed by atoms with van der Waals surface area (Å²) < 4.78 is 1.09. The third kappa shape index (κ3) is 3.08. The summed E-state index contributed by atoms with van der Waals surface area (Å²) in [6, 6.07) is 27.3. The molecule has 3 heteroatoms. The first-order valence-corrected chi connectivity index (χ1v) is 8.74. The fourth-order valence-corrected chi connectivity index (χ4v) is 3.36. The third-order valence-electron chi connectivity index (χ3n) is 4.13. The van der Waals surface area contributed by atoms with Crippen molar-refractivity contribution in [2.75, 3.05) is 10.6 Å². The molecular formula is C21H17BrN2. The van der Waals surface area contributed by atoms with Gasteiger partial charge < -0.3 is 10.6 Å². The van der Waals surface area contributed by atoms with Crippen molar-refractivity contribution in [3.63, 3.8) is 0 Å². The first-order valence-electron chi connectivity index (χ1n) is 7.95. The zero-order valence-corrected chi connectivity index (χ0v) is 14.6. The van der Waals surface area contributed by atoms with Gasteiger partial charge in [0, 0.05) is 10.2 Å². The van der Waals surface area contributed by atoms with Crippen LogP contribution in [0.5, 0.6) is 0 Å². The number of rotatable bonds is 2. The van der Waals surface area contributed by atoms with E-state index in [2.05, 4.69) is 99.4 Å². The Kier molecular flexibility index (Phi) is 4.09. The monoisotopic (exact) mass is 376 g/mol. The van der Waals surface area contributed by atoms with E-state index < -0.39 is 0 Å². The highest BCUT2D eigenvalue weighted by Gasteiger charge is 2.17. The van der Waals surface area contributed by atoms with Crippen molar-refractivity contribution in [2.45, 2.75) is 6.04 Å². The van der Waals surface area contributed by atoms with E-state index in [4.69, 9.17) is 0 Å². The van der Waals surface area contributed by atoms with Crippen LogP contribution < -0.4 is 10.6 Å². The fraction of sp³-hybridized carbons (Fsp3) is 0.0476. The van der Waals surface area contributed by atoms with Crippen LogP contribution in [0, 0.1) is 0 Å². The molecule has 3 aromatic carbocycles. The lowest BCUT2D eigenvalue weighted by Gasteiger charge is -2.16. The van der Waals surface area contributed by atoms with Gasteiger partial charge in [-0.25, -0.2) is 0 Å². The minimum Gasteiger partial charge on any atom is -0.373 e. The molecule has 3 aromatic rings. The number of nitrogens with one attached hydrogen (secondary N) is 2. The molecule has 0 amide bonds. The van der Waals surface area contributed by atoms with E-state index in [0.717, 1.165) is 21.5 Å². The highest BCUT2D eigenvalue weighted by molar-refractivity contribution is 9.10. The van der Waals surface area contributed by atoms with Gasteiger partial charge in [0.1, 0.15) is 0 Å². The second-order valence-electron chi connectivity index (χ2n) is 5.79. The van der Waals surface area contributed by atoms with Crippen molar-refractivity contribution < 1.29 is 0 Å². The van der Waals surface area contributed by atoms with Crippen LogP contribution in [-0.4, -0.2) is 0 Å². The van der Waals surface area contributed by atoms with Gasteiger partial charge in [-0.15, -0.1) is 0 Å². The average molecular weight is 377 g/mol. The summed E-state index contributed by atoms with van der Waals surface area (Å²) in [6.07, 6.45) is 2.25. The molecule has 0 fully saturated rings. The van der Waals surface area contributed by atoms with Gasteiger partial charge in [0.25, 0.3) is 0 Å². The van der Waals surface area contributed by atoms with Gasteiger partial charge in [0.2, 0.25) is 0 Å². The molecule has 0 saturated heterocycles. The Morgan fingerprint density at radius 1 is 0.750 bits per heavy atom. The van der Waals surface area contributed by atoms with Gasteiger partial charge in [0.15, 0.2) is 0 Å². The summed E-state index contributed by atoms with van der Waals surface area (Å²) in [6.45, 7) is 0. The zero-order valence-electron chi connectivity index (χ0n) is 13.0. The number of hydrogen-bond acceptors (Lipinski definition) is 2. The molecule has 1 heterocycles. The van der Waals surface area contributed by atoms with Crippen molar-refractivity contribution in [3.8, 4) is 0 Å². The van der Waals surface area contributed by atoms with Crippen LogP contribution in [0.2, 0.25) is 0 Å². The van der Waals surface area contributed by atoms with Crippen molar-refractivity contribution in [3.05, 3.63) is 101 Å². The molecule has 0 unspecified atom stereocenters. The molecule has 0 radical (unpaired) electrons. The van der Waals surface area contributed by atoms with Crippen LogP contribution in [0.4, 0.5) is 11.4 Å². The van der Waals surface area contributed by atoms with E-state index in [0.29, 0.717) is 0 Å². The van der Waals surface area contributed by atoms with E-state index in [1.807, 2.05) is 12.1 Å². The quantitative estimate of drug-likeness (QED) is 0.567. The normalized spacial score (nSPS) is 16.2. The van der Waals surface area contributed by atoms with E-state index in [1.165, 1.54) is 11.1 Å². The smallest absolute Gasteiger partial charge is 0.0722 e. The average Bonchev–Trinajstić information content (AvgIpc) is 2.82. The molecule has 2 N–H and O–H groups in total. The minimum absolute atomic E-state index is 0.0915. The predicted molar refractivity (Wildman–Crippen MR) is 105 cm³/mol. The Bertz CT molecular complexity index is 887. The topological polar surface area (TPSA) is 24.1 Å². The Hall–Kier alpha value is -2.52. The zero-order chi connectivity index (χ0) is 16.4. The number of anilines is 2. The maximum atomic E-state index is 3.64. The summed E-state index contributed by atoms with van der Waals surface area (Å²) in [5.74, 6) is 0. The fourth-order valence-electron chi connectivity index (χ4n) is 2.95. The number of para-hydroxylation sites is 2. The lowest BCUT2D eigenvalue weighted by atomic mass is 10.0. The molecule has 24 heavy (non-hydrogen) atoms. The van der Waals surface area contributed by atoms with Crippen molar-refractivity contribution in [1.29, 1.82) is 0 Å². The van der Waals surface area contributed by atoms with Gasteiger partial charge >= 0.3 is 0 Å². The number of benzene rings is 3. The minimum atomic E-state index is 0.0915. The van der Waals surface area contributed by atoms with Gasteiger partial charge in [-0.05, 0) is 41.5 Å². The van der Waals surface area contributed by atoms with Crippen LogP contribution in [0.15, 0.2) is 89.4 Å². The summed E-state index contributed by atoms with van der Waals surface area (Å²) in [5, 5.41) is 7.22. The maximum Gasteiger partial charge on any atom is 0.0722 e. The van der Waals surface area contributed by atoms with E-state index in [9.17, 15) is 0 Å². The lowest BCUT2D eigenvalue weighted by molar-refractivity contribution is 0.990. The second kappa shape index (κ2) is 6.54. The summed E-state index contributed by atoms with van der Waals surface area (Å²) in [7, 11) is 0. The SMILES string of the molecule is Brc1cccc([C@H]2C=C(c3ccccc3)Nc3ccccc3N2)c1. The second-order valence-corrected chi connectivity index (χ2v) is 6.71. The Morgan fingerprint density at radius 3 is 2.29 bits per heavy atom. The molecular weight excluding hydrogens is 360 g/mol. The Labute approximate surface area is 150 Å². The summed E-state index contributed by atoms with van der Waals surface area (Å²) in [4.78, 5) is 0. The molecule has 0 aliphatic carbocycles. The molecule has 2 nitrogen and oxygen atoms in total. The molecule has 0 spiro atoms. The van der Waals surface area contributed by atoms with E-state index >= 15 is 0 Å². The lowest BCUT2D eigenvalue weighted by Crippen LogP contribution is -2.07. The van der Waals surface area contributed by atoms with E-state index in [-0.39, 0.29) is 6.04 Å². The van der Waals surface area contributed by atoms with E-state index in [1.54, 1.807) is 0 Å². The molecule has 1 atom stereocenters. The van der Waals surface area contributed by atoms with Gasteiger partial charge in [0.05, 0.1) is 17.4 Å². The summed E-state index contributed by atoms with van der Waals surface area (Å²) >= 11 is 3.58. The molecule has 0 bridgehead atoms. The highest BCUT2D eigenvalue weighted by Crippen LogP contribution is 2.35. The molecule has 118 valence electrons. The summed E-state index contributed by atoms with van der Waals surface area (Å²) in [5.41, 5.74) is 5.69. The molecule has 0 saturated carbocycles. The molecule has 4 rings (SSSR count). The number of hydrogen-bond donors (Lipinski definition) is 2. The predicted octanol–water partition coefficient (Wildman–Crippen LogP) is 6.07. The van der Waals surface area contributed by atoms with Gasteiger partial charge in [-0.2, -0.15) is 0 Å². The third-order valence-corrected chi connectivity index (χ3v) is 4.63. The van der Waals surface area contributed by atoms with Crippen molar-refractivity contribution in [2.24, 2.45) is 0 Å². The molecule has 1 aliphatic heterocycles. The standard InChI is InChI=1S/C21H17BrN2/c22-17-10-6-9-16(13-17)21-14-20(15-7-2-1-3-8-15)23-18-11-4-5-12-19(18)24-21/h1-14,21,23-24H/t21-/m1/s1. The van der Waals surface area contributed by atoms with Crippen LogP contribution in [0.1, 0.15) is 17.2 Å². The van der Waals surface area contributed by atoms with Crippen LogP contribution in [0.25, 0.3) is 5.70 Å². The van der Waals surface area contributed by atoms with Crippen LogP contribution in [-0.2, 0) is 0 Å². The number of fused-ring (bicyclic) bond motifs is 1. The maximum absolute atomic E-state index is 3.64. The first-order chi connectivity index (χ1) is 11.8. The highest BCUT2D eigenvalue weighted by atomic mass is 79.9. The largest absolute Gasteiger partial charge is 0.373 e. The molecule has 1 aliphatic rings. The number of halogens is 1. The Balaban J connectivity index is 1.83. The van der Waals surface area contributed by atoms with Crippen LogP contribution >= 0.6 is 15.9 Å². The van der Waals surface area contributed by atoms with Crippen molar-refractivity contribution in [1.82, 2.24) is 0 Å². The van der Waals surface area contributed by atoms with Gasteiger partial charge in [-0.1, -0.05) is 70.5 Å².